The summed E-state index contributed by atoms with van der Waals surface area (Å²) in [5.41, 5.74) is 1.59. The van der Waals surface area contributed by atoms with Crippen LogP contribution in [-0.4, -0.2) is 34.8 Å². The Labute approximate surface area is 139 Å². The van der Waals surface area contributed by atoms with Crippen molar-refractivity contribution < 1.29 is 13.7 Å². The molecule has 1 atom stereocenters. The summed E-state index contributed by atoms with van der Waals surface area (Å²) in [6.07, 6.45) is 6.69. The maximum atomic E-state index is 12.8. The highest BCUT2D eigenvalue weighted by atomic mass is 32.2. The second kappa shape index (κ2) is 6.43. The number of aromatic nitrogens is 1. The van der Waals surface area contributed by atoms with Crippen LogP contribution in [-0.2, 0) is 12.8 Å². The summed E-state index contributed by atoms with van der Waals surface area (Å²) < 4.78 is 10.9. The number of fused-ring (bicyclic) bond motifs is 1. The lowest BCUT2D eigenvalue weighted by atomic mass is 9.96. The molecule has 0 radical (unpaired) electrons. The summed E-state index contributed by atoms with van der Waals surface area (Å²) >= 11 is 1.86. The van der Waals surface area contributed by atoms with Crippen molar-refractivity contribution in [3.05, 3.63) is 41.2 Å². The molecule has 1 amide bonds. The number of carbonyl (C=O) groups excluding carboxylic acids is 1. The zero-order valence-electron chi connectivity index (χ0n) is 13.0. The smallest absolute Gasteiger partial charge is 0.276 e. The Morgan fingerprint density at radius 1 is 1.30 bits per heavy atom. The zero-order chi connectivity index (χ0) is 15.6. The molecule has 3 heterocycles. The summed E-state index contributed by atoms with van der Waals surface area (Å²) in [5, 5.41) is 4.41. The fourth-order valence-electron chi connectivity index (χ4n) is 3.38. The number of rotatable bonds is 2. The van der Waals surface area contributed by atoms with E-state index < -0.39 is 0 Å². The van der Waals surface area contributed by atoms with Gasteiger partial charge in [0, 0.05) is 30.8 Å². The SMILES string of the molecule is O=C(c1noc2c1CCCC2)N1CCSC(c2ccco2)CC1. The number of thioether (sulfide) groups is 1. The predicted octanol–water partition coefficient (Wildman–Crippen LogP) is 3.47. The highest BCUT2D eigenvalue weighted by Gasteiger charge is 2.29. The van der Waals surface area contributed by atoms with E-state index in [2.05, 4.69) is 5.16 Å². The molecule has 6 heteroatoms. The van der Waals surface area contributed by atoms with Gasteiger partial charge in [-0.2, -0.15) is 0 Å². The Balaban J connectivity index is 1.48. The molecule has 1 saturated heterocycles. The first-order valence-corrected chi connectivity index (χ1v) is 9.29. The van der Waals surface area contributed by atoms with Crippen molar-refractivity contribution in [1.29, 1.82) is 0 Å². The van der Waals surface area contributed by atoms with Crippen molar-refractivity contribution in [1.82, 2.24) is 10.1 Å². The molecule has 2 aliphatic rings. The van der Waals surface area contributed by atoms with Crippen molar-refractivity contribution in [2.75, 3.05) is 18.8 Å². The standard InChI is InChI=1S/C17H20N2O3S/c20-17(16-12-4-1-2-5-13(12)22-18-16)19-8-7-15(23-11-9-19)14-6-3-10-21-14/h3,6,10,15H,1-2,4-5,7-9,11H2. The van der Waals surface area contributed by atoms with Gasteiger partial charge in [-0.25, -0.2) is 0 Å². The van der Waals surface area contributed by atoms with Gasteiger partial charge >= 0.3 is 0 Å². The van der Waals surface area contributed by atoms with Crippen molar-refractivity contribution in [2.45, 2.75) is 37.4 Å². The number of hydrogen-bond acceptors (Lipinski definition) is 5. The molecule has 1 aliphatic carbocycles. The van der Waals surface area contributed by atoms with Gasteiger partial charge in [0.25, 0.3) is 5.91 Å². The molecule has 2 aromatic heterocycles. The minimum absolute atomic E-state index is 0.0256. The van der Waals surface area contributed by atoms with E-state index in [0.717, 1.165) is 68.0 Å². The zero-order valence-corrected chi connectivity index (χ0v) is 13.8. The molecule has 1 fully saturated rings. The van der Waals surface area contributed by atoms with Gasteiger partial charge in [-0.15, -0.1) is 11.8 Å². The van der Waals surface area contributed by atoms with Gasteiger partial charge in [0.05, 0.1) is 11.5 Å². The van der Waals surface area contributed by atoms with Crippen LogP contribution in [0.5, 0.6) is 0 Å². The number of amides is 1. The molecule has 23 heavy (non-hydrogen) atoms. The molecule has 1 aliphatic heterocycles. The topological polar surface area (TPSA) is 59.5 Å². The summed E-state index contributed by atoms with van der Waals surface area (Å²) in [5.74, 6) is 2.86. The number of nitrogens with zero attached hydrogens (tertiary/aromatic N) is 2. The van der Waals surface area contributed by atoms with Crippen molar-refractivity contribution in [3.63, 3.8) is 0 Å². The summed E-state index contributed by atoms with van der Waals surface area (Å²) in [7, 11) is 0. The summed E-state index contributed by atoms with van der Waals surface area (Å²) in [6, 6.07) is 3.94. The molecule has 4 rings (SSSR count). The molecule has 0 aromatic carbocycles. The van der Waals surface area contributed by atoms with E-state index >= 15 is 0 Å². The maximum absolute atomic E-state index is 12.8. The number of hydrogen-bond donors (Lipinski definition) is 0. The quantitative estimate of drug-likeness (QED) is 0.843. The van der Waals surface area contributed by atoms with Crippen LogP contribution in [0.3, 0.4) is 0 Å². The molecule has 1 unspecified atom stereocenters. The third-order valence-corrected chi connectivity index (χ3v) is 5.93. The van der Waals surface area contributed by atoms with Crippen LogP contribution < -0.4 is 0 Å². The molecular weight excluding hydrogens is 312 g/mol. The van der Waals surface area contributed by atoms with Gasteiger partial charge in [0.15, 0.2) is 5.69 Å². The van der Waals surface area contributed by atoms with Crippen LogP contribution in [0.4, 0.5) is 0 Å². The first-order chi connectivity index (χ1) is 11.3. The lowest BCUT2D eigenvalue weighted by Gasteiger charge is -2.19. The van der Waals surface area contributed by atoms with Crippen molar-refractivity contribution in [2.24, 2.45) is 0 Å². The van der Waals surface area contributed by atoms with Gasteiger partial charge in [-0.3, -0.25) is 4.79 Å². The maximum Gasteiger partial charge on any atom is 0.276 e. The normalized spacial score (nSPS) is 21.7. The van der Waals surface area contributed by atoms with Crippen LogP contribution >= 0.6 is 11.8 Å². The average Bonchev–Trinajstić information content (AvgIpc) is 3.19. The van der Waals surface area contributed by atoms with E-state index in [9.17, 15) is 4.79 Å². The van der Waals surface area contributed by atoms with Gasteiger partial charge in [-0.1, -0.05) is 5.16 Å². The first-order valence-electron chi connectivity index (χ1n) is 8.24. The van der Waals surface area contributed by atoms with E-state index in [1.54, 1.807) is 6.26 Å². The van der Waals surface area contributed by atoms with E-state index in [-0.39, 0.29) is 5.91 Å². The molecular formula is C17H20N2O3S. The highest BCUT2D eigenvalue weighted by Crippen LogP contribution is 2.35. The third kappa shape index (κ3) is 2.92. The Kier molecular flexibility index (Phi) is 4.16. The third-order valence-electron chi connectivity index (χ3n) is 4.64. The predicted molar refractivity (Wildman–Crippen MR) is 87.6 cm³/mol. The first kappa shape index (κ1) is 14.9. The summed E-state index contributed by atoms with van der Waals surface area (Å²) in [6.45, 7) is 1.49. The molecule has 0 saturated carbocycles. The Morgan fingerprint density at radius 2 is 2.22 bits per heavy atom. The highest BCUT2D eigenvalue weighted by molar-refractivity contribution is 7.99. The number of furan rings is 1. The molecule has 5 nitrogen and oxygen atoms in total. The van der Waals surface area contributed by atoms with Crippen molar-refractivity contribution in [3.8, 4) is 0 Å². The molecule has 0 N–H and O–H groups in total. The van der Waals surface area contributed by atoms with Gasteiger partial charge < -0.3 is 13.8 Å². The van der Waals surface area contributed by atoms with Gasteiger partial charge in [0.1, 0.15) is 11.5 Å². The molecule has 122 valence electrons. The minimum atomic E-state index is 0.0256. The largest absolute Gasteiger partial charge is 0.468 e. The van der Waals surface area contributed by atoms with Crippen LogP contribution in [0.2, 0.25) is 0 Å². The van der Waals surface area contributed by atoms with Crippen LogP contribution in [0.15, 0.2) is 27.3 Å². The number of carbonyl (C=O) groups is 1. The van der Waals surface area contributed by atoms with E-state index in [1.165, 1.54) is 0 Å². The van der Waals surface area contributed by atoms with Crippen LogP contribution in [0, 0.1) is 0 Å². The monoisotopic (exact) mass is 332 g/mol. The Morgan fingerprint density at radius 3 is 3.09 bits per heavy atom. The van der Waals surface area contributed by atoms with Crippen LogP contribution in [0.25, 0.3) is 0 Å². The molecule has 0 spiro atoms. The Hall–Kier alpha value is -1.69. The van der Waals surface area contributed by atoms with Gasteiger partial charge in [-0.05, 0) is 37.8 Å². The lowest BCUT2D eigenvalue weighted by Crippen LogP contribution is -2.34. The fourth-order valence-corrected chi connectivity index (χ4v) is 4.56. The Bertz CT molecular complexity index is 680. The lowest BCUT2D eigenvalue weighted by molar-refractivity contribution is 0.0754. The van der Waals surface area contributed by atoms with E-state index in [4.69, 9.17) is 8.94 Å². The van der Waals surface area contributed by atoms with E-state index in [0.29, 0.717) is 10.9 Å². The van der Waals surface area contributed by atoms with Crippen molar-refractivity contribution >= 4 is 17.7 Å². The molecule has 0 bridgehead atoms. The number of aryl methyl sites for hydroxylation is 1. The fraction of sp³-hybridized carbons (Fsp3) is 0.529. The second-order valence-corrected chi connectivity index (χ2v) is 7.41. The van der Waals surface area contributed by atoms with Crippen LogP contribution in [0.1, 0.15) is 52.1 Å². The van der Waals surface area contributed by atoms with Gasteiger partial charge in [0.2, 0.25) is 0 Å². The minimum Gasteiger partial charge on any atom is -0.468 e. The molecule has 2 aromatic rings. The average molecular weight is 332 g/mol. The second-order valence-electron chi connectivity index (χ2n) is 6.10. The van der Waals surface area contributed by atoms with E-state index in [1.807, 2.05) is 28.8 Å². The summed E-state index contributed by atoms with van der Waals surface area (Å²) in [4.78, 5) is 14.8.